The Labute approximate surface area is 138 Å². The zero-order chi connectivity index (χ0) is 17.0. The van der Waals surface area contributed by atoms with Crippen molar-refractivity contribution in [2.24, 2.45) is 5.92 Å². The lowest BCUT2D eigenvalue weighted by molar-refractivity contribution is 0.0939. The lowest BCUT2D eigenvalue weighted by Crippen LogP contribution is -2.29. The molecule has 0 aliphatic rings. The number of aliphatic hydroxyl groups excluding tert-OH is 1. The zero-order valence-electron chi connectivity index (χ0n) is 12.9. The first-order chi connectivity index (χ1) is 10.9. The van der Waals surface area contributed by atoms with E-state index in [-0.39, 0.29) is 34.8 Å². The average Bonchev–Trinajstić information content (AvgIpc) is 2.87. The van der Waals surface area contributed by atoms with Gasteiger partial charge in [-0.1, -0.05) is 23.7 Å². The second kappa shape index (κ2) is 7.52. The molecule has 1 aromatic carbocycles. The average molecular weight is 341 g/mol. The molecule has 2 aromatic rings. The summed E-state index contributed by atoms with van der Waals surface area (Å²) < 4.78 is 15.2. The predicted octanol–water partition coefficient (Wildman–Crippen LogP) is 2.12. The molecule has 1 atom stereocenters. The summed E-state index contributed by atoms with van der Waals surface area (Å²) in [4.78, 5) is 12.2. The molecule has 0 bridgehead atoms. The highest BCUT2D eigenvalue weighted by Gasteiger charge is 2.19. The molecule has 8 heteroatoms. The largest absolute Gasteiger partial charge is 0.396 e. The summed E-state index contributed by atoms with van der Waals surface area (Å²) in [5, 5.41) is 19.5. The summed E-state index contributed by atoms with van der Waals surface area (Å²) in [7, 11) is 0. The van der Waals surface area contributed by atoms with Gasteiger partial charge in [-0.25, -0.2) is 9.07 Å². The zero-order valence-corrected chi connectivity index (χ0v) is 13.6. The highest BCUT2D eigenvalue weighted by Crippen LogP contribution is 2.19. The number of rotatable bonds is 6. The lowest BCUT2D eigenvalue weighted by Gasteiger charge is -2.10. The molecular formula is C15H18ClFN4O2. The fraction of sp³-hybridized carbons (Fsp3) is 0.400. The lowest BCUT2D eigenvalue weighted by atomic mass is 10.1. The number of halogens is 2. The Morgan fingerprint density at radius 2 is 2.26 bits per heavy atom. The van der Waals surface area contributed by atoms with Crippen molar-refractivity contribution in [2.45, 2.75) is 20.3 Å². The van der Waals surface area contributed by atoms with Crippen LogP contribution in [-0.2, 0) is 0 Å². The van der Waals surface area contributed by atoms with Gasteiger partial charge in [-0.15, -0.1) is 5.10 Å². The summed E-state index contributed by atoms with van der Waals surface area (Å²) >= 11 is 5.73. The number of nitrogens with zero attached hydrogens (tertiary/aromatic N) is 3. The van der Waals surface area contributed by atoms with Gasteiger partial charge >= 0.3 is 0 Å². The minimum Gasteiger partial charge on any atom is -0.396 e. The Balaban J connectivity index is 2.17. The van der Waals surface area contributed by atoms with Gasteiger partial charge in [0, 0.05) is 18.2 Å². The van der Waals surface area contributed by atoms with Crippen LogP contribution in [0.2, 0.25) is 5.02 Å². The summed E-state index contributed by atoms with van der Waals surface area (Å²) in [6.07, 6.45) is 0.599. The summed E-state index contributed by atoms with van der Waals surface area (Å²) in [6, 6.07) is 4.19. The first-order valence-corrected chi connectivity index (χ1v) is 7.58. The molecule has 6 nitrogen and oxygen atoms in total. The van der Waals surface area contributed by atoms with Gasteiger partial charge in [-0.2, -0.15) is 0 Å². The maximum Gasteiger partial charge on any atom is 0.273 e. The van der Waals surface area contributed by atoms with Crippen molar-refractivity contribution in [2.75, 3.05) is 13.2 Å². The molecule has 124 valence electrons. The molecule has 0 fully saturated rings. The van der Waals surface area contributed by atoms with Crippen LogP contribution in [0.25, 0.3) is 5.69 Å². The van der Waals surface area contributed by atoms with Crippen molar-refractivity contribution in [1.82, 2.24) is 20.3 Å². The van der Waals surface area contributed by atoms with Gasteiger partial charge in [0.1, 0.15) is 11.5 Å². The van der Waals surface area contributed by atoms with E-state index >= 15 is 0 Å². The normalized spacial score (nSPS) is 12.2. The smallest absolute Gasteiger partial charge is 0.273 e. The summed E-state index contributed by atoms with van der Waals surface area (Å²) in [6.45, 7) is 4.05. The van der Waals surface area contributed by atoms with E-state index in [0.29, 0.717) is 18.7 Å². The second-order valence-corrected chi connectivity index (χ2v) is 5.79. The number of hydrogen-bond acceptors (Lipinski definition) is 4. The molecule has 2 N–H and O–H groups in total. The van der Waals surface area contributed by atoms with Gasteiger partial charge in [0.25, 0.3) is 5.91 Å². The Morgan fingerprint density at radius 1 is 1.52 bits per heavy atom. The molecule has 1 unspecified atom stereocenters. The molecule has 0 saturated heterocycles. The van der Waals surface area contributed by atoms with E-state index in [1.54, 1.807) is 6.92 Å². The van der Waals surface area contributed by atoms with E-state index in [2.05, 4.69) is 15.6 Å². The number of aliphatic hydroxyl groups is 1. The molecule has 0 aliphatic heterocycles. The van der Waals surface area contributed by atoms with Crippen LogP contribution in [0.1, 0.15) is 29.5 Å². The van der Waals surface area contributed by atoms with Crippen LogP contribution in [0.15, 0.2) is 18.2 Å². The molecule has 0 radical (unpaired) electrons. The molecule has 1 aromatic heterocycles. The highest BCUT2D eigenvalue weighted by molar-refractivity contribution is 6.30. The van der Waals surface area contributed by atoms with Crippen LogP contribution in [-0.4, -0.2) is 39.2 Å². The number of carbonyl (C=O) groups is 1. The topological polar surface area (TPSA) is 80.0 Å². The van der Waals surface area contributed by atoms with Crippen LogP contribution in [0, 0.1) is 18.7 Å². The number of aromatic nitrogens is 3. The van der Waals surface area contributed by atoms with Gasteiger partial charge in [0.05, 0.1) is 5.69 Å². The van der Waals surface area contributed by atoms with E-state index in [0.717, 1.165) is 0 Å². The van der Waals surface area contributed by atoms with Crippen LogP contribution in [0.3, 0.4) is 0 Å². The highest BCUT2D eigenvalue weighted by atomic mass is 35.5. The number of nitrogens with one attached hydrogen (secondary N) is 1. The maximum atomic E-state index is 14.0. The first kappa shape index (κ1) is 17.4. The van der Waals surface area contributed by atoms with Gasteiger partial charge in [-0.05, 0) is 37.5 Å². The van der Waals surface area contributed by atoms with Crippen LogP contribution in [0.5, 0.6) is 0 Å². The summed E-state index contributed by atoms with van der Waals surface area (Å²) in [5.41, 5.74) is 0.737. The minimum atomic E-state index is -0.547. The van der Waals surface area contributed by atoms with Crippen molar-refractivity contribution in [1.29, 1.82) is 0 Å². The molecule has 23 heavy (non-hydrogen) atoms. The van der Waals surface area contributed by atoms with Crippen molar-refractivity contribution in [3.8, 4) is 5.69 Å². The van der Waals surface area contributed by atoms with Crippen molar-refractivity contribution in [3.05, 3.63) is 40.4 Å². The Kier molecular flexibility index (Phi) is 5.68. The standard InChI is InChI=1S/C15H18ClFN4O2/c1-9(5-6-22)8-18-15(23)14-10(2)21(20-19-14)13-4-3-11(16)7-12(13)17/h3-4,7,9,22H,5-6,8H2,1-2H3,(H,18,23). The third kappa shape index (κ3) is 4.05. The van der Waals surface area contributed by atoms with Crippen LogP contribution >= 0.6 is 11.6 Å². The Bertz CT molecular complexity index is 705. The first-order valence-electron chi connectivity index (χ1n) is 7.20. The van der Waals surface area contributed by atoms with Gasteiger partial charge in [0.2, 0.25) is 0 Å². The van der Waals surface area contributed by atoms with Crippen molar-refractivity contribution < 1.29 is 14.3 Å². The van der Waals surface area contributed by atoms with E-state index < -0.39 is 5.82 Å². The van der Waals surface area contributed by atoms with Crippen molar-refractivity contribution >= 4 is 17.5 Å². The fourth-order valence-electron chi connectivity index (χ4n) is 2.09. The quantitative estimate of drug-likeness (QED) is 0.844. The number of carbonyl (C=O) groups excluding carboxylic acids is 1. The van der Waals surface area contributed by atoms with Gasteiger partial charge < -0.3 is 10.4 Å². The predicted molar refractivity (Wildman–Crippen MR) is 84.3 cm³/mol. The van der Waals surface area contributed by atoms with Crippen molar-refractivity contribution in [3.63, 3.8) is 0 Å². The number of amides is 1. The Morgan fingerprint density at radius 3 is 2.91 bits per heavy atom. The Hall–Kier alpha value is -1.99. The van der Waals surface area contributed by atoms with Crippen LogP contribution < -0.4 is 5.32 Å². The minimum absolute atomic E-state index is 0.0715. The molecular weight excluding hydrogens is 323 g/mol. The molecule has 1 heterocycles. The monoisotopic (exact) mass is 340 g/mol. The van der Waals surface area contributed by atoms with E-state index in [9.17, 15) is 9.18 Å². The number of benzene rings is 1. The van der Waals surface area contributed by atoms with E-state index in [1.807, 2.05) is 6.92 Å². The molecule has 2 rings (SSSR count). The molecule has 1 amide bonds. The summed E-state index contributed by atoms with van der Waals surface area (Å²) in [5.74, 6) is -0.782. The van der Waals surface area contributed by atoms with Gasteiger partial charge in [-0.3, -0.25) is 4.79 Å². The maximum absolute atomic E-state index is 14.0. The van der Waals surface area contributed by atoms with Crippen LogP contribution in [0.4, 0.5) is 4.39 Å². The molecule has 0 aliphatic carbocycles. The van der Waals surface area contributed by atoms with Gasteiger partial charge in [0.15, 0.2) is 5.69 Å². The third-order valence-corrected chi connectivity index (χ3v) is 3.72. The fourth-order valence-corrected chi connectivity index (χ4v) is 2.25. The third-order valence-electron chi connectivity index (χ3n) is 3.48. The van der Waals surface area contributed by atoms with E-state index in [1.165, 1.54) is 22.9 Å². The SMILES string of the molecule is Cc1c(C(=O)NCC(C)CCO)nnn1-c1ccc(Cl)cc1F. The molecule has 0 spiro atoms. The number of hydrogen-bond donors (Lipinski definition) is 2. The molecule has 0 saturated carbocycles. The second-order valence-electron chi connectivity index (χ2n) is 5.36. The van der Waals surface area contributed by atoms with E-state index in [4.69, 9.17) is 16.7 Å².